The Balaban J connectivity index is 1.85. The Labute approximate surface area is 148 Å². The van der Waals surface area contributed by atoms with Gasteiger partial charge in [-0.3, -0.25) is 19.2 Å². The lowest BCUT2D eigenvalue weighted by atomic mass is 9.56. The molecule has 0 unspecified atom stereocenters. The predicted molar refractivity (Wildman–Crippen MR) is 90.2 cm³/mol. The SMILES string of the molecule is COC1=CC(=O)C2=C(C1=O)[C@H]1C3=C(C(=O)C=CC3=O)[C@@H]2c2ccccc21. The molecular weight excluding hydrogens is 332 g/mol. The Hall–Kier alpha value is -3.34. The first-order chi connectivity index (χ1) is 12.5. The van der Waals surface area contributed by atoms with Crippen LogP contribution in [0.25, 0.3) is 0 Å². The van der Waals surface area contributed by atoms with Gasteiger partial charge < -0.3 is 4.74 Å². The fraction of sp³-hybridized carbons (Fsp3) is 0.143. The van der Waals surface area contributed by atoms with Gasteiger partial charge in [0.25, 0.3) is 0 Å². The highest BCUT2D eigenvalue weighted by Gasteiger charge is 2.53. The van der Waals surface area contributed by atoms with Crippen LogP contribution in [0.1, 0.15) is 23.0 Å². The van der Waals surface area contributed by atoms with Gasteiger partial charge in [-0.25, -0.2) is 0 Å². The highest BCUT2D eigenvalue weighted by molar-refractivity contribution is 6.30. The number of benzene rings is 1. The summed E-state index contributed by atoms with van der Waals surface area (Å²) < 4.78 is 5.08. The van der Waals surface area contributed by atoms with E-state index in [-0.39, 0.29) is 28.7 Å². The van der Waals surface area contributed by atoms with Crippen LogP contribution in [0, 0.1) is 0 Å². The van der Waals surface area contributed by atoms with E-state index in [0.717, 1.165) is 11.1 Å². The second-order valence-electron chi connectivity index (χ2n) is 6.62. The summed E-state index contributed by atoms with van der Waals surface area (Å²) in [6, 6.07) is 7.35. The van der Waals surface area contributed by atoms with Crippen molar-refractivity contribution >= 4 is 23.1 Å². The molecule has 2 bridgehead atoms. The lowest BCUT2D eigenvalue weighted by molar-refractivity contribution is -0.119. The molecule has 0 aliphatic heterocycles. The Kier molecular flexibility index (Phi) is 2.79. The van der Waals surface area contributed by atoms with Crippen molar-refractivity contribution in [2.45, 2.75) is 11.8 Å². The van der Waals surface area contributed by atoms with Crippen LogP contribution in [0.4, 0.5) is 0 Å². The van der Waals surface area contributed by atoms with E-state index in [4.69, 9.17) is 4.74 Å². The third-order valence-corrected chi connectivity index (χ3v) is 5.49. The lowest BCUT2D eigenvalue weighted by Gasteiger charge is -2.44. The second-order valence-corrected chi connectivity index (χ2v) is 6.62. The minimum atomic E-state index is -0.710. The molecule has 0 heterocycles. The minimum absolute atomic E-state index is 0.0361. The van der Waals surface area contributed by atoms with E-state index in [1.807, 2.05) is 24.3 Å². The van der Waals surface area contributed by atoms with E-state index < -0.39 is 17.6 Å². The molecule has 1 aromatic rings. The molecule has 5 aliphatic rings. The Morgan fingerprint density at radius 3 is 1.77 bits per heavy atom. The largest absolute Gasteiger partial charge is 0.493 e. The molecule has 26 heavy (non-hydrogen) atoms. The summed E-state index contributed by atoms with van der Waals surface area (Å²) in [6.45, 7) is 0. The fourth-order valence-corrected chi connectivity index (χ4v) is 4.53. The average Bonchev–Trinajstić information content (AvgIpc) is 2.66. The van der Waals surface area contributed by atoms with Gasteiger partial charge in [-0.15, -0.1) is 0 Å². The third kappa shape index (κ3) is 1.60. The average molecular weight is 344 g/mol. The lowest BCUT2D eigenvalue weighted by Crippen LogP contribution is -2.41. The van der Waals surface area contributed by atoms with Crippen molar-refractivity contribution in [1.82, 2.24) is 0 Å². The topological polar surface area (TPSA) is 77.5 Å². The zero-order chi connectivity index (χ0) is 18.2. The van der Waals surface area contributed by atoms with Crippen molar-refractivity contribution in [1.29, 1.82) is 0 Å². The maximum Gasteiger partial charge on any atom is 0.225 e. The number of methoxy groups -OCH3 is 1. The normalized spacial score (nSPS) is 26.0. The minimum Gasteiger partial charge on any atom is -0.493 e. The first-order valence-corrected chi connectivity index (χ1v) is 8.23. The molecule has 0 saturated heterocycles. The number of carbonyl (C=O) groups excluding carboxylic acids is 4. The molecule has 2 atom stereocenters. The number of allylic oxidation sites excluding steroid dienone is 7. The van der Waals surface area contributed by atoms with Crippen LogP contribution in [0.5, 0.6) is 0 Å². The first kappa shape index (κ1) is 15.0. The molecule has 5 nitrogen and oxygen atoms in total. The Morgan fingerprint density at radius 2 is 1.23 bits per heavy atom. The molecule has 0 saturated carbocycles. The molecule has 5 heteroatoms. The zero-order valence-electron chi connectivity index (χ0n) is 13.7. The van der Waals surface area contributed by atoms with Gasteiger partial charge in [-0.2, -0.15) is 0 Å². The third-order valence-electron chi connectivity index (χ3n) is 5.49. The summed E-state index contributed by atoms with van der Waals surface area (Å²) >= 11 is 0. The maximum atomic E-state index is 13.0. The van der Waals surface area contributed by atoms with Crippen LogP contribution in [-0.2, 0) is 23.9 Å². The first-order valence-electron chi connectivity index (χ1n) is 8.23. The monoisotopic (exact) mass is 344 g/mol. The summed E-state index contributed by atoms with van der Waals surface area (Å²) in [5.74, 6) is -2.74. The van der Waals surface area contributed by atoms with Gasteiger partial charge in [-0.05, 0) is 23.3 Å². The van der Waals surface area contributed by atoms with Crippen LogP contribution in [-0.4, -0.2) is 30.2 Å². The van der Waals surface area contributed by atoms with E-state index in [9.17, 15) is 19.2 Å². The van der Waals surface area contributed by atoms with Crippen molar-refractivity contribution < 1.29 is 23.9 Å². The van der Waals surface area contributed by atoms with Crippen LogP contribution < -0.4 is 0 Å². The fourth-order valence-electron chi connectivity index (χ4n) is 4.53. The summed E-state index contributed by atoms with van der Waals surface area (Å²) in [5, 5.41) is 0. The molecule has 5 aliphatic carbocycles. The molecule has 0 fully saturated rings. The number of ether oxygens (including phenoxy) is 1. The van der Waals surface area contributed by atoms with E-state index >= 15 is 0 Å². The number of ketones is 4. The van der Waals surface area contributed by atoms with Gasteiger partial charge >= 0.3 is 0 Å². The Bertz CT molecular complexity index is 1090. The standard InChI is InChI=1S/C21H12O5/c1-26-14-8-13(24)19-15-9-4-2-3-5-10(9)16(20(19)21(14)25)18-12(23)7-6-11(22)17(15)18/h2-8,15-16H,1H3/t15-,16+/m0/s1. The quantitative estimate of drug-likeness (QED) is 0.727. The number of Topliss-reactive ketones (excluding diaryl/α,β-unsaturated/α-hetero) is 1. The van der Waals surface area contributed by atoms with Crippen LogP contribution in [0.15, 0.2) is 70.5 Å². The van der Waals surface area contributed by atoms with E-state index in [0.29, 0.717) is 16.7 Å². The van der Waals surface area contributed by atoms with Crippen molar-refractivity contribution in [3.8, 4) is 0 Å². The second kappa shape index (κ2) is 4.85. The number of carbonyl (C=O) groups is 4. The van der Waals surface area contributed by atoms with Gasteiger partial charge in [0.05, 0.1) is 7.11 Å². The van der Waals surface area contributed by atoms with Crippen molar-refractivity contribution in [3.05, 3.63) is 81.7 Å². The molecule has 126 valence electrons. The van der Waals surface area contributed by atoms with Crippen molar-refractivity contribution in [3.63, 3.8) is 0 Å². The molecule has 0 radical (unpaired) electrons. The molecule has 0 amide bonds. The number of hydrogen-bond donors (Lipinski definition) is 0. The van der Waals surface area contributed by atoms with Gasteiger partial charge in [0.2, 0.25) is 5.78 Å². The molecule has 6 rings (SSSR count). The summed E-state index contributed by atoms with van der Waals surface area (Å²) in [4.78, 5) is 51.0. The molecule has 0 spiro atoms. The van der Waals surface area contributed by atoms with Gasteiger partial charge in [0, 0.05) is 40.2 Å². The Morgan fingerprint density at radius 1 is 0.731 bits per heavy atom. The van der Waals surface area contributed by atoms with Crippen LogP contribution >= 0.6 is 0 Å². The summed E-state index contributed by atoms with van der Waals surface area (Å²) in [6.07, 6.45) is 3.67. The van der Waals surface area contributed by atoms with Crippen LogP contribution in [0.2, 0.25) is 0 Å². The highest BCUT2D eigenvalue weighted by atomic mass is 16.5. The smallest absolute Gasteiger partial charge is 0.225 e. The van der Waals surface area contributed by atoms with Gasteiger partial charge in [0.1, 0.15) is 0 Å². The van der Waals surface area contributed by atoms with E-state index in [1.54, 1.807) is 0 Å². The molecule has 1 aromatic carbocycles. The number of hydrogen-bond acceptors (Lipinski definition) is 5. The van der Waals surface area contributed by atoms with E-state index in [1.165, 1.54) is 25.3 Å². The molecular formula is C21H12O5. The van der Waals surface area contributed by atoms with Crippen LogP contribution in [0.3, 0.4) is 0 Å². The van der Waals surface area contributed by atoms with Crippen molar-refractivity contribution in [2.75, 3.05) is 7.11 Å². The number of rotatable bonds is 1. The predicted octanol–water partition coefficient (Wildman–Crippen LogP) is 1.86. The van der Waals surface area contributed by atoms with Gasteiger partial charge in [-0.1, -0.05) is 24.3 Å². The highest BCUT2D eigenvalue weighted by Crippen LogP contribution is 2.58. The van der Waals surface area contributed by atoms with E-state index in [2.05, 4.69) is 0 Å². The van der Waals surface area contributed by atoms with Crippen molar-refractivity contribution in [2.24, 2.45) is 0 Å². The molecule has 0 aromatic heterocycles. The summed E-state index contributed by atoms with van der Waals surface area (Å²) in [5.41, 5.74) is 2.82. The zero-order valence-corrected chi connectivity index (χ0v) is 13.7. The maximum absolute atomic E-state index is 13.0. The van der Waals surface area contributed by atoms with Gasteiger partial charge in [0.15, 0.2) is 23.1 Å². The summed E-state index contributed by atoms with van der Waals surface area (Å²) in [7, 11) is 1.33. The molecule has 0 N–H and O–H groups in total.